The molecule has 102 valence electrons. The van der Waals surface area contributed by atoms with Crippen LogP contribution in [0.15, 0.2) is 47.8 Å². The van der Waals surface area contributed by atoms with Crippen LogP contribution in [0.2, 0.25) is 0 Å². The van der Waals surface area contributed by atoms with Crippen molar-refractivity contribution < 1.29 is 14.7 Å². The molecular weight excluding hydrogens is 256 g/mol. The summed E-state index contributed by atoms with van der Waals surface area (Å²) in [6, 6.07) is 10.6. The molecule has 5 nitrogen and oxygen atoms in total. The number of pyridine rings is 1. The minimum Gasteiger partial charge on any atom is -0.497 e. The predicted molar refractivity (Wildman–Crippen MR) is 74.6 cm³/mol. The van der Waals surface area contributed by atoms with Gasteiger partial charge in [0.05, 0.1) is 12.8 Å². The van der Waals surface area contributed by atoms with Gasteiger partial charge >= 0.3 is 0 Å². The van der Waals surface area contributed by atoms with Gasteiger partial charge < -0.3 is 9.94 Å². The number of hydrogen-bond acceptors (Lipinski definition) is 5. The predicted octanol–water partition coefficient (Wildman–Crippen LogP) is 2.32. The standard InChI is InChI=1S/C15H14N2O3/c1-20-13-4-2-3-11(7-13)8-15(17-19)14-9-12(10-18)5-6-16-14/h2-7,9-10,19H,8H2,1H3/b17-15+. The van der Waals surface area contributed by atoms with Gasteiger partial charge in [0.25, 0.3) is 0 Å². The Hall–Kier alpha value is -2.69. The summed E-state index contributed by atoms with van der Waals surface area (Å²) in [6.07, 6.45) is 2.63. The van der Waals surface area contributed by atoms with Crippen molar-refractivity contribution in [3.63, 3.8) is 0 Å². The van der Waals surface area contributed by atoms with Gasteiger partial charge in [-0.15, -0.1) is 0 Å². The summed E-state index contributed by atoms with van der Waals surface area (Å²) >= 11 is 0. The van der Waals surface area contributed by atoms with Crippen LogP contribution in [0, 0.1) is 0 Å². The number of ether oxygens (including phenoxy) is 1. The number of oxime groups is 1. The largest absolute Gasteiger partial charge is 0.497 e. The summed E-state index contributed by atoms with van der Waals surface area (Å²) in [5, 5.41) is 12.4. The fraction of sp³-hybridized carbons (Fsp3) is 0.133. The van der Waals surface area contributed by atoms with Gasteiger partial charge in [-0.05, 0) is 29.8 Å². The van der Waals surface area contributed by atoms with Gasteiger partial charge in [-0.1, -0.05) is 17.3 Å². The molecule has 1 N–H and O–H groups in total. The Balaban J connectivity index is 2.26. The number of rotatable bonds is 5. The molecule has 0 saturated heterocycles. The minimum atomic E-state index is 0.391. The molecule has 1 aromatic heterocycles. The van der Waals surface area contributed by atoms with Crippen LogP contribution in [0.4, 0.5) is 0 Å². The maximum atomic E-state index is 10.8. The molecule has 20 heavy (non-hydrogen) atoms. The summed E-state index contributed by atoms with van der Waals surface area (Å²) in [6.45, 7) is 0. The van der Waals surface area contributed by atoms with E-state index in [2.05, 4.69) is 10.1 Å². The molecule has 0 atom stereocenters. The van der Waals surface area contributed by atoms with Crippen molar-refractivity contribution in [2.75, 3.05) is 7.11 Å². The number of nitrogens with zero attached hydrogens (tertiary/aromatic N) is 2. The van der Waals surface area contributed by atoms with E-state index in [1.54, 1.807) is 19.2 Å². The van der Waals surface area contributed by atoms with E-state index in [4.69, 9.17) is 9.94 Å². The number of hydrogen-bond donors (Lipinski definition) is 1. The summed E-state index contributed by atoms with van der Waals surface area (Å²) < 4.78 is 5.15. The number of carbonyl (C=O) groups is 1. The number of benzene rings is 1. The van der Waals surface area contributed by atoms with Crippen molar-refractivity contribution >= 4 is 12.0 Å². The first-order valence-corrected chi connectivity index (χ1v) is 6.02. The zero-order chi connectivity index (χ0) is 14.4. The number of carbonyl (C=O) groups excluding carboxylic acids is 1. The Morgan fingerprint density at radius 3 is 2.95 bits per heavy atom. The van der Waals surface area contributed by atoms with Gasteiger partial charge in [0.15, 0.2) is 0 Å². The van der Waals surface area contributed by atoms with Crippen LogP contribution in [-0.2, 0) is 6.42 Å². The molecule has 0 aliphatic rings. The highest BCUT2D eigenvalue weighted by atomic mass is 16.5. The van der Waals surface area contributed by atoms with E-state index in [0.717, 1.165) is 17.6 Å². The molecule has 2 aromatic rings. The topological polar surface area (TPSA) is 71.8 Å². The Labute approximate surface area is 116 Å². The highest BCUT2D eigenvalue weighted by Crippen LogP contribution is 2.15. The van der Waals surface area contributed by atoms with Gasteiger partial charge in [0.1, 0.15) is 17.7 Å². The molecular formula is C15H14N2O3. The van der Waals surface area contributed by atoms with Crippen molar-refractivity contribution in [1.82, 2.24) is 4.98 Å². The molecule has 5 heteroatoms. The molecule has 1 aromatic carbocycles. The van der Waals surface area contributed by atoms with Gasteiger partial charge in [-0.2, -0.15) is 0 Å². The average molecular weight is 270 g/mol. The summed E-state index contributed by atoms with van der Waals surface area (Å²) in [7, 11) is 1.59. The molecule has 1 heterocycles. The Morgan fingerprint density at radius 1 is 1.40 bits per heavy atom. The molecule has 0 fully saturated rings. The molecule has 0 aliphatic carbocycles. The highest BCUT2D eigenvalue weighted by Gasteiger charge is 2.09. The fourth-order valence-electron chi connectivity index (χ4n) is 1.83. The number of aldehydes is 1. The Bertz CT molecular complexity index is 639. The Morgan fingerprint density at radius 2 is 2.25 bits per heavy atom. The van der Waals surface area contributed by atoms with Crippen LogP contribution in [0.1, 0.15) is 21.6 Å². The van der Waals surface area contributed by atoms with E-state index in [-0.39, 0.29) is 0 Å². The normalized spacial score (nSPS) is 11.2. The lowest BCUT2D eigenvalue weighted by atomic mass is 10.0. The van der Waals surface area contributed by atoms with Crippen LogP contribution in [0.25, 0.3) is 0 Å². The lowest BCUT2D eigenvalue weighted by Gasteiger charge is -2.06. The maximum absolute atomic E-state index is 10.8. The van der Waals surface area contributed by atoms with E-state index in [9.17, 15) is 4.79 Å². The molecule has 0 unspecified atom stereocenters. The molecule has 0 amide bonds. The van der Waals surface area contributed by atoms with E-state index >= 15 is 0 Å². The van der Waals surface area contributed by atoms with Crippen molar-refractivity contribution in [1.29, 1.82) is 0 Å². The number of aromatic nitrogens is 1. The SMILES string of the molecule is COc1cccc(C/C(=N\O)c2cc(C=O)ccn2)c1. The van der Waals surface area contributed by atoms with Gasteiger partial charge in [-0.3, -0.25) is 9.78 Å². The fourth-order valence-corrected chi connectivity index (χ4v) is 1.83. The van der Waals surface area contributed by atoms with E-state index in [1.807, 2.05) is 24.3 Å². The van der Waals surface area contributed by atoms with Crippen LogP contribution >= 0.6 is 0 Å². The quantitative estimate of drug-likeness (QED) is 0.392. The highest BCUT2D eigenvalue weighted by molar-refractivity contribution is 6.00. The van der Waals surface area contributed by atoms with Gasteiger partial charge in [-0.25, -0.2) is 0 Å². The lowest BCUT2D eigenvalue weighted by molar-refractivity contribution is 0.112. The first-order chi connectivity index (χ1) is 9.76. The zero-order valence-corrected chi connectivity index (χ0v) is 11.0. The van der Waals surface area contributed by atoms with E-state index in [1.165, 1.54) is 6.20 Å². The lowest BCUT2D eigenvalue weighted by Crippen LogP contribution is -2.08. The van der Waals surface area contributed by atoms with E-state index in [0.29, 0.717) is 23.4 Å². The van der Waals surface area contributed by atoms with Gasteiger partial charge in [0, 0.05) is 18.2 Å². The Kier molecular flexibility index (Phi) is 4.44. The van der Waals surface area contributed by atoms with Crippen molar-refractivity contribution in [2.45, 2.75) is 6.42 Å². The third-order valence-electron chi connectivity index (χ3n) is 2.84. The first-order valence-electron chi connectivity index (χ1n) is 6.02. The van der Waals surface area contributed by atoms with Crippen molar-refractivity contribution in [2.24, 2.45) is 5.16 Å². The maximum Gasteiger partial charge on any atom is 0.150 e. The van der Waals surface area contributed by atoms with Crippen LogP contribution in [0.5, 0.6) is 5.75 Å². The van der Waals surface area contributed by atoms with Crippen molar-refractivity contribution in [3.8, 4) is 5.75 Å². The average Bonchev–Trinajstić information content (AvgIpc) is 2.52. The second-order valence-corrected chi connectivity index (χ2v) is 4.17. The summed E-state index contributed by atoms with van der Waals surface area (Å²) in [5.74, 6) is 0.731. The zero-order valence-electron chi connectivity index (χ0n) is 11.0. The summed E-state index contributed by atoms with van der Waals surface area (Å²) in [4.78, 5) is 14.9. The second kappa shape index (κ2) is 6.47. The van der Waals surface area contributed by atoms with E-state index < -0.39 is 0 Å². The third kappa shape index (κ3) is 3.20. The third-order valence-corrected chi connectivity index (χ3v) is 2.84. The summed E-state index contributed by atoms with van der Waals surface area (Å²) in [5.41, 5.74) is 2.28. The smallest absolute Gasteiger partial charge is 0.150 e. The van der Waals surface area contributed by atoms with Gasteiger partial charge in [0.2, 0.25) is 0 Å². The molecule has 0 aliphatic heterocycles. The van der Waals surface area contributed by atoms with Crippen molar-refractivity contribution in [3.05, 3.63) is 59.4 Å². The molecule has 0 spiro atoms. The van der Waals surface area contributed by atoms with Crippen LogP contribution in [-0.4, -0.2) is 29.3 Å². The first kappa shape index (κ1) is 13.7. The van der Waals surface area contributed by atoms with Crippen LogP contribution in [0.3, 0.4) is 0 Å². The minimum absolute atomic E-state index is 0.391. The number of methoxy groups -OCH3 is 1. The molecule has 0 bridgehead atoms. The molecule has 0 radical (unpaired) electrons. The van der Waals surface area contributed by atoms with Crippen LogP contribution < -0.4 is 4.74 Å². The molecule has 2 rings (SSSR count). The second-order valence-electron chi connectivity index (χ2n) is 4.17. The molecule has 0 saturated carbocycles. The monoisotopic (exact) mass is 270 g/mol.